The van der Waals surface area contributed by atoms with Gasteiger partial charge in [-0.3, -0.25) is 38.2 Å². The summed E-state index contributed by atoms with van der Waals surface area (Å²) in [4.78, 5) is 108. The first-order chi connectivity index (χ1) is 33.6. The second-order valence-electron chi connectivity index (χ2n) is 18.9. The summed E-state index contributed by atoms with van der Waals surface area (Å²) in [5.74, 6) is -7.47. The Kier molecular flexibility index (Phi) is 17.1. The molecule has 71 heavy (non-hydrogen) atoms. The lowest BCUT2D eigenvalue weighted by Gasteiger charge is -2.36. The van der Waals surface area contributed by atoms with Crippen molar-refractivity contribution in [2.75, 3.05) is 50.5 Å². The number of halogens is 3. The Balaban J connectivity index is 1.08. The molecule has 0 aliphatic carbocycles. The highest BCUT2D eigenvalue weighted by Gasteiger charge is 2.37. The van der Waals surface area contributed by atoms with Crippen molar-refractivity contribution in [2.45, 2.75) is 83.8 Å². The van der Waals surface area contributed by atoms with Crippen LogP contribution in [0.5, 0.6) is 0 Å². The van der Waals surface area contributed by atoms with E-state index in [9.17, 15) is 47.9 Å². The van der Waals surface area contributed by atoms with Gasteiger partial charge in [0.25, 0.3) is 11.8 Å². The third-order valence-corrected chi connectivity index (χ3v) is 12.9. The molecule has 1 saturated heterocycles. The van der Waals surface area contributed by atoms with Crippen LogP contribution in [0.4, 0.5) is 29.5 Å². The number of aromatic carboxylic acids is 1. The van der Waals surface area contributed by atoms with E-state index in [2.05, 4.69) is 20.9 Å². The lowest BCUT2D eigenvalue weighted by Crippen LogP contribution is -2.49. The number of amides is 6. The van der Waals surface area contributed by atoms with Gasteiger partial charge in [0.15, 0.2) is 23.1 Å². The molecule has 2 aromatic carbocycles. The molecule has 0 bridgehead atoms. The normalized spacial score (nSPS) is 15.6. The summed E-state index contributed by atoms with van der Waals surface area (Å²) in [7, 11) is 4.03. The standard InChI is InChI=1S/C50H58F3N9O9/c1-29(2)44(57-41(64)10-6-5-7-21-60-42(65)17-18-43(60)66)40(63)23-31(9-8-20-55-50(54)71)48(68)56-33-14-11-30(12-15-33)28-62(3,4)34-19-22-59(26-34)47-38(53)25-35-45(67)36(49(69)70)27-61(46(35)58-47)39-16-13-32(51)24-37(39)52/h11-18,24-25,27,29,31,34,44H,5-10,19-23,26,28H2,1-4H3,(H5-,54,55,56,57,64,68,69,70,71)/p+1/t31-,34?,44+/m1/s1. The zero-order valence-electron chi connectivity index (χ0n) is 40.0. The van der Waals surface area contributed by atoms with Crippen LogP contribution in [0, 0.1) is 29.3 Å². The number of hydrogen-bond donors (Lipinski definition) is 5. The molecule has 4 heterocycles. The molecule has 378 valence electrons. The Hall–Kier alpha value is -7.42. The van der Waals surface area contributed by atoms with Gasteiger partial charge in [-0.15, -0.1) is 0 Å². The number of Topliss-reactive ketones (excluding diaryl/α,β-unsaturated/α-hetero) is 1. The number of quaternary nitrogens is 1. The van der Waals surface area contributed by atoms with Crippen molar-refractivity contribution in [3.8, 4) is 5.69 Å². The SMILES string of the molecule is CC(C)[C@H](NC(=O)CCCCCN1C(=O)C=CC1=O)C(=O)C[C@@H](CCCNC(N)=O)C(=O)Nc1ccc(C[N+](C)(C)C2CCN(c3nc4c(cc3F)c(=O)c(C(=O)O)cn4-c3ccc(F)cc3F)C2)cc1. The number of benzene rings is 2. The maximum atomic E-state index is 15.9. The molecule has 1 unspecified atom stereocenters. The number of aromatic nitrogens is 2. The van der Waals surface area contributed by atoms with Crippen LogP contribution in [-0.2, 0) is 30.5 Å². The largest absolute Gasteiger partial charge is 0.477 e. The summed E-state index contributed by atoms with van der Waals surface area (Å²) < 4.78 is 46.2. The number of likely N-dealkylation sites (N-methyl/N-ethyl adjacent to an activating group) is 1. The van der Waals surface area contributed by atoms with Crippen LogP contribution < -0.4 is 32.0 Å². The molecule has 0 radical (unpaired) electrons. The summed E-state index contributed by atoms with van der Waals surface area (Å²) in [6.45, 7) is 5.24. The van der Waals surface area contributed by atoms with Crippen molar-refractivity contribution in [1.82, 2.24) is 25.1 Å². The number of nitrogens with zero attached hydrogens (tertiary/aromatic N) is 5. The predicted molar refractivity (Wildman–Crippen MR) is 257 cm³/mol. The fourth-order valence-corrected chi connectivity index (χ4v) is 9.00. The van der Waals surface area contributed by atoms with Gasteiger partial charge in [-0.25, -0.2) is 27.7 Å². The first-order valence-electron chi connectivity index (χ1n) is 23.4. The number of primary amides is 1. The Morgan fingerprint density at radius 2 is 1.62 bits per heavy atom. The topological polar surface area (TPSA) is 243 Å². The monoisotopic (exact) mass is 986 g/mol. The van der Waals surface area contributed by atoms with Crippen LogP contribution in [0.1, 0.15) is 81.1 Å². The number of nitrogens with one attached hydrogen (secondary N) is 3. The Morgan fingerprint density at radius 1 is 0.915 bits per heavy atom. The Bertz CT molecular complexity index is 2780. The van der Waals surface area contributed by atoms with Gasteiger partial charge in [0.1, 0.15) is 29.8 Å². The molecule has 3 atom stereocenters. The van der Waals surface area contributed by atoms with E-state index < -0.39 is 63.7 Å². The fourth-order valence-electron chi connectivity index (χ4n) is 9.00. The molecule has 2 aliphatic rings. The van der Waals surface area contributed by atoms with Crippen LogP contribution in [0.3, 0.4) is 0 Å². The molecule has 0 spiro atoms. The van der Waals surface area contributed by atoms with Crippen molar-refractivity contribution >= 4 is 64.0 Å². The van der Waals surface area contributed by atoms with Gasteiger partial charge in [0.2, 0.25) is 17.2 Å². The number of carboxylic acid groups (broad SMARTS) is 1. The van der Waals surface area contributed by atoms with Gasteiger partial charge >= 0.3 is 12.0 Å². The predicted octanol–water partition coefficient (Wildman–Crippen LogP) is 4.95. The van der Waals surface area contributed by atoms with Gasteiger partial charge in [-0.1, -0.05) is 32.4 Å². The van der Waals surface area contributed by atoms with E-state index in [1.165, 1.54) is 12.2 Å². The van der Waals surface area contributed by atoms with Gasteiger partial charge < -0.3 is 36.2 Å². The fraction of sp³-hybridized carbons (Fsp3) is 0.420. The van der Waals surface area contributed by atoms with Crippen molar-refractivity contribution in [3.63, 3.8) is 0 Å². The Labute approximate surface area is 407 Å². The number of unbranched alkanes of at least 4 members (excludes halogenated alkanes) is 2. The number of hydrogen-bond acceptors (Lipinski definition) is 10. The van der Waals surface area contributed by atoms with Crippen LogP contribution in [0.2, 0.25) is 0 Å². The zero-order chi connectivity index (χ0) is 51.7. The van der Waals surface area contributed by atoms with Gasteiger partial charge in [0, 0.05) is 80.5 Å². The number of urea groups is 1. The molecule has 21 heteroatoms. The molecule has 1 fully saturated rings. The lowest BCUT2D eigenvalue weighted by atomic mass is 9.89. The first kappa shape index (κ1) is 52.9. The minimum atomic E-state index is -1.62. The summed E-state index contributed by atoms with van der Waals surface area (Å²) in [5, 5.41) is 17.5. The van der Waals surface area contributed by atoms with E-state index in [-0.39, 0.29) is 85.0 Å². The van der Waals surface area contributed by atoms with Gasteiger partial charge in [-0.2, -0.15) is 0 Å². The number of carboxylic acids is 1. The quantitative estimate of drug-likeness (QED) is 0.0379. The maximum Gasteiger partial charge on any atom is 0.341 e. The number of nitrogens with two attached hydrogens (primary N) is 1. The van der Waals surface area contributed by atoms with Crippen LogP contribution in [-0.4, -0.2) is 118 Å². The summed E-state index contributed by atoms with van der Waals surface area (Å²) >= 11 is 0. The highest BCUT2D eigenvalue weighted by Crippen LogP contribution is 2.31. The number of anilines is 2. The highest BCUT2D eigenvalue weighted by molar-refractivity contribution is 6.12. The van der Waals surface area contributed by atoms with Crippen molar-refractivity contribution in [3.05, 3.63) is 106 Å². The number of carbonyl (C=O) groups excluding carboxylic acids is 6. The minimum absolute atomic E-state index is 0.0529. The second-order valence-corrected chi connectivity index (χ2v) is 18.9. The van der Waals surface area contributed by atoms with E-state index >= 15 is 8.78 Å². The molecule has 6 rings (SSSR count). The van der Waals surface area contributed by atoms with Crippen molar-refractivity contribution in [2.24, 2.45) is 17.6 Å². The average Bonchev–Trinajstić information content (AvgIpc) is 3.93. The van der Waals surface area contributed by atoms with Crippen molar-refractivity contribution in [1.29, 1.82) is 0 Å². The number of carbonyl (C=O) groups is 7. The number of pyridine rings is 2. The number of ketones is 1. The van der Waals surface area contributed by atoms with Crippen LogP contribution in [0.15, 0.2) is 71.7 Å². The van der Waals surface area contributed by atoms with Crippen molar-refractivity contribution < 1.29 is 56.3 Å². The number of fused-ring (bicyclic) bond motifs is 1. The lowest BCUT2D eigenvalue weighted by molar-refractivity contribution is -0.925. The molecule has 6 N–H and O–H groups in total. The first-order valence-corrected chi connectivity index (χ1v) is 23.4. The molecular weight excluding hydrogens is 928 g/mol. The van der Waals surface area contributed by atoms with E-state index in [0.29, 0.717) is 68.0 Å². The molecule has 6 amide bonds. The Morgan fingerprint density at radius 3 is 2.27 bits per heavy atom. The van der Waals surface area contributed by atoms with Gasteiger partial charge in [-0.05, 0) is 61.9 Å². The molecular formula is C50H59F3N9O9+. The summed E-state index contributed by atoms with van der Waals surface area (Å²) in [5.41, 5.74) is 4.36. The third kappa shape index (κ3) is 13.3. The maximum absolute atomic E-state index is 15.9. The van der Waals surface area contributed by atoms with E-state index in [0.717, 1.165) is 39.4 Å². The minimum Gasteiger partial charge on any atom is -0.477 e. The molecule has 2 aliphatic heterocycles. The van der Waals surface area contributed by atoms with Gasteiger partial charge in [0.05, 0.1) is 37.8 Å². The molecule has 18 nitrogen and oxygen atoms in total. The number of rotatable bonds is 23. The van der Waals surface area contributed by atoms with E-state index in [1.807, 2.05) is 26.2 Å². The van der Waals surface area contributed by atoms with Crippen LogP contribution >= 0.6 is 0 Å². The second kappa shape index (κ2) is 23.0. The van der Waals surface area contributed by atoms with E-state index in [1.54, 1.807) is 30.9 Å². The molecule has 2 aromatic heterocycles. The zero-order valence-corrected chi connectivity index (χ0v) is 40.0. The molecule has 0 saturated carbocycles. The van der Waals surface area contributed by atoms with Crippen LogP contribution in [0.25, 0.3) is 16.7 Å². The smallest absolute Gasteiger partial charge is 0.341 e. The molecule has 4 aromatic rings. The highest BCUT2D eigenvalue weighted by atomic mass is 19.1. The third-order valence-electron chi connectivity index (χ3n) is 12.9. The number of imide groups is 1. The average molecular weight is 987 g/mol. The summed E-state index contributed by atoms with van der Waals surface area (Å²) in [6.07, 6.45) is 6.04. The van der Waals surface area contributed by atoms with E-state index in [4.69, 9.17) is 5.73 Å². The summed E-state index contributed by atoms with van der Waals surface area (Å²) in [6, 6.07) is 9.08.